The lowest BCUT2D eigenvalue weighted by Gasteiger charge is -2.34. The first kappa shape index (κ1) is 24.5. The lowest BCUT2D eigenvalue weighted by molar-refractivity contribution is -0.127. The van der Waals surface area contributed by atoms with Crippen LogP contribution in [-0.4, -0.2) is 82.1 Å². The van der Waals surface area contributed by atoms with E-state index in [1.807, 2.05) is 6.07 Å². The summed E-state index contributed by atoms with van der Waals surface area (Å²) in [4.78, 5) is 60.8. The van der Waals surface area contributed by atoms with E-state index in [9.17, 15) is 23.6 Å². The van der Waals surface area contributed by atoms with Gasteiger partial charge >= 0.3 is 6.09 Å². The van der Waals surface area contributed by atoms with Gasteiger partial charge < -0.3 is 19.5 Å². The van der Waals surface area contributed by atoms with Crippen molar-refractivity contribution in [3.63, 3.8) is 0 Å². The average Bonchev–Trinajstić information content (AvgIpc) is 3.60. The third-order valence-corrected chi connectivity index (χ3v) is 6.95. The SMILES string of the molecule is O=C(NC1=NCCS1)Oc1ccc(F)c2c(C(=O)C(=O)N3CCN(C(=O)c4ccccc4)CC3)c[nH]c12. The topological polar surface area (TPSA) is 124 Å². The van der Waals surface area contributed by atoms with Gasteiger partial charge in [0.1, 0.15) is 5.82 Å². The monoisotopic (exact) mass is 523 g/mol. The molecule has 0 unspecified atom stereocenters. The number of carbonyl (C=O) groups excluding carboxylic acids is 4. The number of hydrogen-bond donors (Lipinski definition) is 2. The predicted molar refractivity (Wildman–Crippen MR) is 135 cm³/mol. The fourth-order valence-electron chi connectivity index (χ4n) is 4.20. The summed E-state index contributed by atoms with van der Waals surface area (Å²) >= 11 is 1.37. The molecule has 1 fully saturated rings. The molecule has 10 nitrogen and oxygen atoms in total. The molecule has 37 heavy (non-hydrogen) atoms. The van der Waals surface area contributed by atoms with Crippen molar-refractivity contribution in [3.05, 3.63) is 65.6 Å². The van der Waals surface area contributed by atoms with E-state index in [0.29, 0.717) is 17.3 Å². The van der Waals surface area contributed by atoms with E-state index in [-0.39, 0.29) is 54.3 Å². The Bertz CT molecular complexity index is 1420. The minimum Gasteiger partial charge on any atom is -0.408 e. The Balaban J connectivity index is 1.28. The van der Waals surface area contributed by atoms with Crippen LogP contribution in [0.15, 0.2) is 53.7 Å². The molecule has 0 spiro atoms. The molecule has 0 bridgehead atoms. The number of ether oxygens (including phenoxy) is 1. The maximum atomic E-state index is 14.8. The van der Waals surface area contributed by atoms with Crippen molar-refractivity contribution in [3.8, 4) is 5.75 Å². The maximum Gasteiger partial charge on any atom is 0.418 e. The fraction of sp³-hybridized carbons (Fsp3) is 0.240. The number of carbonyl (C=O) groups is 4. The summed E-state index contributed by atoms with van der Waals surface area (Å²) in [7, 11) is 0. The number of thioether (sulfide) groups is 1. The summed E-state index contributed by atoms with van der Waals surface area (Å²) in [6.45, 7) is 1.47. The van der Waals surface area contributed by atoms with Crippen molar-refractivity contribution in [2.45, 2.75) is 0 Å². The number of hydrogen-bond acceptors (Lipinski definition) is 7. The first-order valence-corrected chi connectivity index (χ1v) is 12.5. The Labute approximate surface area is 214 Å². The van der Waals surface area contributed by atoms with Crippen molar-refractivity contribution in [1.82, 2.24) is 20.1 Å². The summed E-state index contributed by atoms with van der Waals surface area (Å²) < 4.78 is 20.1. The van der Waals surface area contributed by atoms with E-state index >= 15 is 0 Å². The standard InChI is InChI=1S/C25H22FN5O5S/c26-17-6-7-18(36-25(35)29-24-27-8-13-37-24)20-19(17)16(14-28-20)21(32)23(34)31-11-9-30(10-12-31)22(33)15-4-2-1-3-5-15/h1-7,14,28H,8-13H2,(H,27,29,35). The molecule has 2 aliphatic rings. The molecule has 2 N–H and O–H groups in total. The predicted octanol–water partition coefficient (Wildman–Crippen LogP) is 2.67. The molecule has 3 amide bonds. The zero-order valence-corrected chi connectivity index (χ0v) is 20.3. The molecule has 190 valence electrons. The third-order valence-electron chi connectivity index (χ3n) is 6.06. The Morgan fingerprint density at radius 1 is 1.00 bits per heavy atom. The van der Waals surface area contributed by atoms with Gasteiger partial charge in [0, 0.05) is 43.7 Å². The molecule has 1 saturated heterocycles. The number of piperazine rings is 1. The third kappa shape index (κ3) is 5.05. The lowest BCUT2D eigenvalue weighted by atomic mass is 10.1. The van der Waals surface area contributed by atoms with E-state index < -0.39 is 23.6 Å². The number of aromatic amines is 1. The lowest BCUT2D eigenvalue weighted by Crippen LogP contribution is -2.52. The normalized spacial score (nSPS) is 15.4. The number of nitrogens with one attached hydrogen (secondary N) is 2. The highest BCUT2D eigenvalue weighted by molar-refractivity contribution is 8.14. The van der Waals surface area contributed by atoms with Crippen molar-refractivity contribution in [1.29, 1.82) is 0 Å². The Morgan fingerprint density at radius 2 is 1.73 bits per heavy atom. The van der Waals surface area contributed by atoms with Crippen LogP contribution in [0.3, 0.4) is 0 Å². The first-order valence-electron chi connectivity index (χ1n) is 11.6. The van der Waals surface area contributed by atoms with E-state index in [1.54, 1.807) is 29.2 Å². The van der Waals surface area contributed by atoms with E-state index in [2.05, 4.69) is 15.3 Å². The van der Waals surface area contributed by atoms with E-state index in [0.717, 1.165) is 11.8 Å². The molecule has 0 atom stereocenters. The number of halogens is 1. The minimum absolute atomic E-state index is 0.00275. The Morgan fingerprint density at radius 3 is 2.43 bits per heavy atom. The molecule has 5 rings (SSSR count). The van der Waals surface area contributed by atoms with Gasteiger partial charge in [-0.2, -0.15) is 0 Å². The highest BCUT2D eigenvalue weighted by Crippen LogP contribution is 2.31. The van der Waals surface area contributed by atoms with Gasteiger partial charge in [0.15, 0.2) is 10.9 Å². The van der Waals surface area contributed by atoms with Gasteiger partial charge in [-0.15, -0.1) is 0 Å². The number of ketones is 1. The smallest absolute Gasteiger partial charge is 0.408 e. The summed E-state index contributed by atoms with van der Waals surface area (Å²) in [5, 5.41) is 2.80. The van der Waals surface area contributed by atoms with Gasteiger partial charge in [0.05, 0.1) is 23.0 Å². The molecule has 2 aliphatic heterocycles. The molecule has 3 heterocycles. The van der Waals surface area contributed by atoms with Crippen LogP contribution >= 0.6 is 11.8 Å². The number of aromatic nitrogens is 1. The highest BCUT2D eigenvalue weighted by atomic mass is 32.2. The molecule has 12 heteroatoms. The number of rotatable bonds is 4. The van der Waals surface area contributed by atoms with Gasteiger partial charge in [0.2, 0.25) is 0 Å². The first-order chi connectivity index (χ1) is 17.9. The number of aliphatic imine (C=N–C) groups is 1. The van der Waals surface area contributed by atoms with Gasteiger partial charge in [-0.05, 0) is 24.3 Å². The van der Waals surface area contributed by atoms with Crippen LogP contribution in [-0.2, 0) is 4.79 Å². The van der Waals surface area contributed by atoms with Crippen LogP contribution in [0, 0.1) is 5.82 Å². The van der Waals surface area contributed by atoms with Crippen LogP contribution < -0.4 is 10.1 Å². The number of benzene rings is 2. The van der Waals surface area contributed by atoms with E-state index in [1.165, 1.54) is 28.9 Å². The average molecular weight is 524 g/mol. The molecule has 1 aromatic heterocycles. The number of fused-ring (bicyclic) bond motifs is 1. The molecule has 0 aliphatic carbocycles. The maximum absolute atomic E-state index is 14.8. The van der Waals surface area contributed by atoms with Gasteiger partial charge in [-0.3, -0.25) is 24.7 Å². The van der Waals surface area contributed by atoms with Crippen molar-refractivity contribution >= 4 is 51.5 Å². The van der Waals surface area contributed by atoms with Crippen LogP contribution in [0.5, 0.6) is 5.75 Å². The Hall–Kier alpha value is -4.19. The molecular formula is C25H22FN5O5S. The van der Waals surface area contributed by atoms with Crippen molar-refractivity contribution < 1.29 is 28.3 Å². The summed E-state index contributed by atoms with van der Waals surface area (Å²) in [6.07, 6.45) is 0.424. The second-order valence-electron chi connectivity index (χ2n) is 8.33. The molecule has 2 aromatic carbocycles. The summed E-state index contributed by atoms with van der Waals surface area (Å²) in [5.74, 6) is -1.83. The summed E-state index contributed by atoms with van der Waals surface area (Å²) in [6, 6.07) is 11.1. The quantitative estimate of drug-likeness (QED) is 0.400. The van der Waals surface area contributed by atoms with Gasteiger partial charge in [-0.1, -0.05) is 30.0 Å². The molecular weight excluding hydrogens is 501 g/mol. The molecule has 3 aromatic rings. The Kier molecular flexibility index (Phi) is 6.91. The van der Waals surface area contributed by atoms with Gasteiger partial charge in [0.25, 0.3) is 17.6 Å². The number of amides is 3. The second-order valence-corrected chi connectivity index (χ2v) is 9.41. The van der Waals surface area contributed by atoms with Crippen LogP contribution in [0.2, 0.25) is 0 Å². The van der Waals surface area contributed by atoms with Crippen molar-refractivity contribution in [2.24, 2.45) is 4.99 Å². The number of H-pyrrole nitrogens is 1. The van der Waals surface area contributed by atoms with Crippen LogP contribution in [0.25, 0.3) is 10.9 Å². The highest BCUT2D eigenvalue weighted by Gasteiger charge is 2.31. The largest absolute Gasteiger partial charge is 0.418 e. The number of nitrogens with zero attached hydrogens (tertiary/aromatic N) is 3. The zero-order chi connectivity index (χ0) is 25.9. The van der Waals surface area contributed by atoms with E-state index in [4.69, 9.17) is 4.74 Å². The fourth-order valence-corrected chi connectivity index (χ4v) is 4.92. The van der Waals surface area contributed by atoms with Crippen molar-refractivity contribution in [2.75, 3.05) is 38.5 Å². The molecule has 0 radical (unpaired) electrons. The zero-order valence-electron chi connectivity index (χ0n) is 19.5. The summed E-state index contributed by atoms with van der Waals surface area (Å²) in [5.41, 5.74) is 0.460. The molecule has 0 saturated carbocycles. The number of amidine groups is 1. The van der Waals surface area contributed by atoms with Gasteiger partial charge in [-0.25, -0.2) is 9.18 Å². The van der Waals surface area contributed by atoms with Crippen LogP contribution in [0.1, 0.15) is 20.7 Å². The number of Topliss-reactive ketones (excluding diaryl/α,β-unsaturated/α-hetero) is 1. The second kappa shape index (κ2) is 10.4. The van der Waals surface area contributed by atoms with Crippen LogP contribution in [0.4, 0.5) is 9.18 Å². The minimum atomic E-state index is -0.897.